The zero-order valence-electron chi connectivity index (χ0n) is 30.8. The van der Waals surface area contributed by atoms with Crippen LogP contribution in [0.4, 0.5) is 17.1 Å². The third kappa shape index (κ3) is 6.58. The largest absolute Gasteiger partial charge is 0.490 e. The molecule has 0 aliphatic carbocycles. The van der Waals surface area contributed by atoms with Crippen molar-refractivity contribution in [1.29, 1.82) is 0 Å². The Kier molecular flexibility index (Phi) is 9.36. The molecule has 5 aliphatic heterocycles. The van der Waals surface area contributed by atoms with Crippen LogP contribution in [-0.2, 0) is 16.6 Å². The number of carbonyl (C=O) groups excluding carboxylic acids is 4. The summed E-state index contributed by atoms with van der Waals surface area (Å²) in [4.78, 5) is 70.6. The van der Waals surface area contributed by atoms with Crippen LogP contribution >= 0.6 is 0 Å². The lowest BCUT2D eigenvalue weighted by Gasteiger charge is -2.49. The molecule has 1 aromatic heterocycles. The van der Waals surface area contributed by atoms with Gasteiger partial charge < -0.3 is 19.4 Å². The van der Waals surface area contributed by atoms with Crippen molar-refractivity contribution in [3.05, 3.63) is 64.0 Å². The molecule has 0 radical (unpaired) electrons. The number of nitro groups is 1. The van der Waals surface area contributed by atoms with Crippen molar-refractivity contribution in [3.8, 4) is 16.9 Å². The Bertz CT molecular complexity index is 2010. The van der Waals surface area contributed by atoms with Crippen molar-refractivity contribution >= 4 is 40.7 Å². The number of hydrogen-bond acceptors (Lipinski definition) is 11. The minimum atomic E-state index is -0.973. The van der Waals surface area contributed by atoms with Crippen LogP contribution in [0.15, 0.2) is 42.7 Å². The fraction of sp³-hybridized carbons (Fsp3) is 0.513. The van der Waals surface area contributed by atoms with Gasteiger partial charge in [-0.05, 0) is 87.6 Å². The first-order chi connectivity index (χ1) is 26.0. The molecule has 1 N–H and O–H groups in total. The number of nitrogens with one attached hydrogen (secondary N) is 1. The van der Waals surface area contributed by atoms with Crippen molar-refractivity contribution < 1.29 is 28.8 Å². The summed E-state index contributed by atoms with van der Waals surface area (Å²) in [7, 11) is 3.30. The van der Waals surface area contributed by atoms with Crippen LogP contribution in [0.25, 0.3) is 11.1 Å². The van der Waals surface area contributed by atoms with Crippen LogP contribution in [0.5, 0.6) is 5.75 Å². The number of likely N-dealkylation sites (tertiary alicyclic amines) is 1. The Labute approximate surface area is 313 Å². The van der Waals surface area contributed by atoms with E-state index in [1.54, 1.807) is 29.1 Å². The minimum absolute atomic E-state index is 0.0591. The highest BCUT2D eigenvalue weighted by Crippen LogP contribution is 2.44. The molecule has 0 bridgehead atoms. The van der Waals surface area contributed by atoms with Crippen LogP contribution in [0.3, 0.4) is 0 Å². The monoisotopic (exact) mass is 738 g/mol. The smallest absolute Gasteiger partial charge is 0.311 e. The highest BCUT2D eigenvalue weighted by molar-refractivity contribution is 6.23. The van der Waals surface area contributed by atoms with Gasteiger partial charge in [-0.3, -0.25) is 44.2 Å². The van der Waals surface area contributed by atoms with Crippen molar-refractivity contribution in [2.24, 2.45) is 18.4 Å². The van der Waals surface area contributed by atoms with Crippen LogP contribution in [0, 0.1) is 21.4 Å². The lowest BCUT2D eigenvalue weighted by atomic mass is 9.72. The van der Waals surface area contributed by atoms with Gasteiger partial charge in [-0.2, -0.15) is 5.10 Å². The summed E-state index contributed by atoms with van der Waals surface area (Å²) in [5.74, 6) is -1.13. The molecule has 4 fully saturated rings. The predicted octanol–water partition coefficient (Wildman–Crippen LogP) is 4.00. The standard InChI is InChI=1S/C39H46N8O7/c1-42-23-26(21-40-42)29-19-33(47(52)53)34(54-2)20-32(29)44-14-8-25(9-15-44)22-43-16-11-39(12-17-43)10-3-13-45(24-39)27-4-5-28-30(18-27)38(51)46(37(28)50)31-6-7-35(48)41-36(31)49/h4-5,18-21,23,25,31H,3,6-17,22,24H2,1-2H3,(H,41,48,49). The maximum Gasteiger partial charge on any atom is 0.311 e. The number of aryl methyl sites for hydroxylation is 1. The normalized spacial score (nSPS) is 22.2. The lowest BCUT2D eigenvalue weighted by molar-refractivity contribution is -0.385. The summed E-state index contributed by atoms with van der Waals surface area (Å²) in [6.07, 6.45) is 10.3. The molecule has 4 amide bonds. The van der Waals surface area contributed by atoms with Gasteiger partial charge in [0.05, 0.1) is 29.4 Å². The first kappa shape index (κ1) is 35.7. The molecule has 1 atom stereocenters. The third-order valence-corrected chi connectivity index (χ3v) is 12.3. The van der Waals surface area contributed by atoms with Gasteiger partial charge >= 0.3 is 5.69 Å². The average molecular weight is 739 g/mol. The highest BCUT2D eigenvalue weighted by Gasteiger charge is 2.45. The molecular weight excluding hydrogens is 692 g/mol. The molecule has 4 saturated heterocycles. The van der Waals surface area contributed by atoms with Crippen LogP contribution in [0.2, 0.25) is 0 Å². The van der Waals surface area contributed by atoms with Gasteiger partial charge in [0.1, 0.15) is 6.04 Å². The quantitative estimate of drug-likeness (QED) is 0.202. The van der Waals surface area contributed by atoms with E-state index in [1.807, 2.05) is 25.4 Å². The summed E-state index contributed by atoms with van der Waals surface area (Å²) in [6, 6.07) is 7.88. The van der Waals surface area contributed by atoms with Crippen molar-refractivity contribution in [2.45, 2.75) is 57.4 Å². The molecule has 3 aromatic rings. The second-order valence-electron chi connectivity index (χ2n) is 15.6. The molecule has 5 aliphatic rings. The average Bonchev–Trinajstić information content (AvgIpc) is 3.71. The molecule has 6 heterocycles. The fourth-order valence-electron chi connectivity index (χ4n) is 9.34. The van der Waals surface area contributed by atoms with Crippen LogP contribution in [0.1, 0.15) is 72.1 Å². The number of ether oxygens (including phenoxy) is 1. The number of nitrogens with zero attached hydrogens (tertiary/aromatic N) is 7. The van der Waals surface area contributed by atoms with Gasteiger partial charge in [-0.1, -0.05) is 0 Å². The number of imide groups is 2. The van der Waals surface area contributed by atoms with E-state index in [9.17, 15) is 29.3 Å². The first-order valence-electron chi connectivity index (χ1n) is 19.0. The molecular formula is C39H46N8O7. The number of benzene rings is 2. The number of anilines is 2. The van der Waals surface area contributed by atoms with E-state index >= 15 is 0 Å². The Balaban J connectivity index is 0.876. The molecule has 1 spiro atoms. The number of fused-ring (bicyclic) bond motifs is 1. The van der Waals surface area contributed by atoms with E-state index in [1.165, 1.54) is 13.5 Å². The molecule has 54 heavy (non-hydrogen) atoms. The predicted molar refractivity (Wildman–Crippen MR) is 199 cm³/mol. The molecule has 8 rings (SSSR count). The SMILES string of the molecule is COc1cc(N2CCC(CN3CCC4(CCCN(c5ccc6c(c5)C(=O)N(C5CCC(=O)NC5=O)C6=O)C4)CC3)CC2)c(-c2cnn(C)c2)cc1[N+](=O)[O-]. The van der Waals surface area contributed by atoms with Crippen molar-refractivity contribution in [2.75, 3.05) is 62.7 Å². The van der Waals surface area contributed by atoms with E-state index in [-0.39, 0.29) is 35.6 Å². The molecule has 284 valence electrons. The van der Waals surface area contributed by atoms with E-state index in [0.29, 0.717) is 17.0 Å². The molecule has 2 aromatic carbocycles. The fourth-order valence-corrected chi connectivity index (χ4v) is 9.34. The number of methoxy groups -OCH3 is 1. The number of piperidine rings is 4. The molecule has 1 unspecified atom stereocenters. The van der Waals surface area contributed by atoms with Crippen LogP contribution < -0.4 is 19.9 Å². The Morgan fingerprint density at radius 1 is 0.926 bits per heavy atom. The van der Waals surface area contributed by atoms with E-state index in [0.717, 1.165) is 105 Å². The van der Waals surface area contributed by atoms with E-state index in [2.05, 4.69) is 25.1 Å². The summed E-state index contributed by atoms with van der Waals surface area (Å²) in [5.41, 5.74) is 4.22. The van der Waals surface area contributed by atoms with Gasteiger partial charge in [-0.25, -0.2) is 0 Å². The van der Waals surface area contributed by atoms with Crippen molar-refractivity contribution in [1.82, 2.24) is 24.9 Å². The van der Waals surface area contributed by atoms with Gasteiger partial charge in [0, 0.05) is 87.0 Å². The topological polar surface area (TPSA) is 163 Å². The van der Waals surface area contributed by atoms with Gasteiger partial charge in [-0.15, -0.1) is 0 Å². The number of rotatable bonds is 8. The molecule has 15 heteroatoms. The van der Waals surface area contributed by atoms with Crippen molar-refractivity contribution in [3.63, 3.8) is 0 Å². The maximum atomic E-state index is 13.5. The Hall–Kier alpha value is -5.31. The summed E-state index contributed by atoms with van der Waals surface area (Å²) in [5, 5.41) is 18.4. The maximum absolute atomic E-state index is 13.5. The number of amides is 4. The Morgan fingerprint density at radius 3 is 2.37 bits per heavy atom. The second-order valence-corrected chi connectivity index (χ2v) is 15.6. The van der Waals surface area contributed by atoms with E-state index in [4.69, 9.17) is 4.74 Å². The number of hydrogen-bond donors (Lipinski definition) is 1. The summed E-state index contributed by atoms with van der Waals surface area (Å²) < 4.78 is 7.15. The summed E-state index contributed by atoms with van der Waals surface area (Å²) >= 11 is 0. The summed E-state index contributed by atoms with van der Waals surface area (Å²) in [6.45, 7) is 6.61. The zero-order chi connectivity index (χ0) is 37.7. The third-order valence-electron chi connectivity index (χ3n) is 12.3. The first-order valence-corrected chi connectivity index (χ1v) is 19.0. The number of carbonyl (C=O) groups is 4. The highest BCUT2D eigenvalue weighted by atomic mass is 16.6. The number of aromatic nitrogens is 2. The second kappa shape index (κ2) is 14.2. The number of nitro benzene ring substituents is 1. The van der Waals surface area contributed by atoms with E-state index < -0.39 is 28.7 Å². The lowest BCUT2D eigenvalue weighted by Crippen LogP contribution is -2.54. The van der Waals surface area contributed by atoms with Gasteiger partial charge in [0.25, 0.3) is 11.8 Å². The Morgan fingerprint density at radius 2 is 1.69 bits per heavy atom. The molecule has 15 nitrogen and oxygen atoms in total. The van der Waals surface area contributed by atoms with Gasteiger partial charge in [0.15, 0.2) is 5.75 Å². The van der Waals surface area contributed by atoms with Crippen LogP contribution in [-0.4, -0.2) is 107 Å². The van der Waals surface area contributed by atoms with Gasteiger partial charge in [0.2, 0.25) is 11.8 Å². The molecule has 0 saturated carbocycles. The minimum Gasteiger partial charge on any atom is -0.490 e. The zero-order valence-corrected chi connectivity index (χ0v) is 30.8.